The zero-order chi connectivity index (χ0) is 23.2. The fourth-order valence-corrected chi connectivity index (χ4v) is 3.88. The van der Waals surface area contributed by atoms with Crippen LogP contribution < -0.4 is 10.9 Å². The van der Waals surface area contributed by atoms with Gasteiger partial charge in [-0.1, -0.05) is 46.6 Å². The van der Waals surface area contributed by atoms with Gasteiger partial charge in [-0.2, -0.15) is 14.2 Å². The van der Waals surface area contributed by atoms with Crippen molar-refractivity contribution in [3.63, 3.8) is 0 Å². The minimum atomic E-state index is -0.436. The van der Waals surface area contributed by atoms with Gasteiger partial charge in [0.25, 0.3) is 0 Å². The smallest absolute Gasteiger partial charge is 0.306 e. The van der Waals surface area contributed by atoms with Crippen LogP contribution in [0.15, 0.2) is 83.7 Å². The number of rotatable bonds is 4. The Hall–Kier alpha value is -4.21. The first-order valence-electron chi connectivity index (χ1n) is 10.2. The highest BCUT2D eigenvalue weighted by molar-refractivity contribution is 6.30. The van der Waals surface area contributed by atoms with E-state index < -0.39 is 5.56 Å². The van der Waals surface area contributed by atoms with Crippen LogP contribution >= 0.6 is 23.2 Å². The third-order valence-electron chi connectivity index (χ3n) is 5.23. The highest BCUT2D eigenvalue weighted by Gasteiger charge is 2.21. The van der Waals surface area contributed by atoms with Crippen molar-refractivity contribution in [2.24, 2.45) is 0 Å². The third-order valence-corrected chi connectivity index (χ3v) is 5.73. The highest BCUT2D eigenvalue weighted by Crippen LogP contribution is 2.25. The molecule has 0 bridgehead atoms. The van der Waals surface area contributed by atoms with Gasteiger partial charge in [-0.05, 0) is 60.7 Å². The SMILES string of the molecule is O=c1c2nnn(-c3ccccc3)c2nc2n(-c3ccc(Cl)cc3)c(Nc3ccc(Cl)cc3)nn12. The number of anilines is 2. The summed E-state index contributed by atoms with van der Waals surface area (Å²) < 4.78 is 4.47. The van der Waals surface area contributed by atoms with Gasteiger partial charge in [0.15, 0.2) is 11.2 Å². The summed E-state index contributed by atoms with van der Waals surface area (Å²) in [6.07, 6.45) is 0. The summed E-state index contributed by atoms with van der Waals surface area (Å²) in [6, 6.07) is 23.7. The van der Waals surface area contributed by atoms with Crippen LogP contribution in [0.2, 0.25) is 10.0 Å². The molecule has 9 nitrogen and oxygen atoms in total. The van der Waals surface area contributed by atoms with E-state index in [0.717, 1.165) is 11.4 Å². The van der Waals surface area contributed by atoms with Crippen molar-refractivity contribution in [3.8, 4) is 11.4 Å². The first-order chi connectivity index (χ1) is 16.6. The Morgan fingerprint density at radius 2 is 1.47 bits per heavy atom. The van der Waals surface area contributed by atoms with Gasteiger partial charge in [0, 0.05) is 15.7 Å². The number of aromatic nitrogens is 7. The van der Waals surface area contributed by atoms with Gasteiger partial charge in [-0.25, -0.2) is 4.57 Å². The lowest BCUT2D eigenvalue weighted by Crippen LogP contribution is -2.17. The van der Waals surface area contributed by atoms with E-state index in [2.05, 4.69) is 20.7 Å². The normalized spacial score (nSPS) is 11.4. The van der Waals surface area contributed by atoms with Crippen LogP contribution in [-0.2, 0) is 0 Å². The van der Waals surface area contributed by atoms with Crippen molar-refractivity contribution in [1.82, 2.24) is 34.2 Å². The number of nitrogens with one attached hydrogen (secondary N) is 1. The molecule has 0 saturated heterocycles. The Labute approximate surface area is 201 Å². The second kappa shape index (κ2) is 7.98. The Morgan fingerprint density at radius 3 is 2.18 bits per heavy atom. The van der Waals surface area contributed by atoms with Gasteiger partial charge in [0.2, 0.25) is 11.7 Å². The molecular weight excluding hydrogens is 475 g/mol. The fourth-order valence-electron chi connectivity index (χ4n) is 3.63. The predicted molar refractivity (Wildman–Crippen MR) is 131 cm³/mol. The van der Waals surface area contributed by atoms with Crippen LogP contribution in [0.1, 0.15) is 0 Å². The molecule has 3 heterocycles. The number of hydrogen-bond donors (Lipinski definition) is 1. The standard InChI is InChI=1S/C23H14Cl2N8O/c24-14-6-10-16(11-7-14)26-22-29-33-21(34)19-20(32(30-28-19)18-4-2-1-3-5-18)27-23(33)31(22)17-12-8-15(25)9-13-17/h1-13H,(H,26,29). The lowest BCUT2D eigenvalue weighted by atomic mass is 10.3. The molecule has 1 N–H and O–H groups in total. The number of nitrogens with zero attached hydrogens (tertiary/aromatic N) is 7. The molecule has 0 aliphatic carbocycles. The van der Waals surface area contributed by atoms with E-state index in [9.17, 15) is 4.79 Å². The Kier molecular flexibility index (Phi) is 4.79. The molecular formula is C23H14Cl2N8O. The van der Waals surface area contributed by atoms with Gasteiger partial charge in [0.05, 0.1) is 11.4 Å². The Bertz CT molecular complexity index is 1700. The lowest BCUT2D eigenvalue weighted by molar-refractivity contribution is 0.817. The number of benzene rings is 3. The Balaban J connectivity index is 1.63. The molecule has 0 saturated carbocycles. The summed E-state index contributed by atoms with van der Waals surface area (Å²) in [7, 11) is 0. The zero-order valence-corrected chi connectivity index (χ0v) is 18.8. The van der Waals surface area contributed by atoms with Crippen LogP contribution in [0.25, 0.3) is 28.3 Å². The second-order valence-corrected chi connectivity index (χ2v) is 8.28. The molecule has 0 fully saturated rings. The summed E-state index contributed by atoms with van der Waals surface area (Å²) in [6.45, 7) is 0. The van der Waals surface area contributed by atoms with Crippen LogP contribution in [0.4, 0.5) is 11.6 Å². The summed E-state index contributed by atoms with van der Waals surface area (Å²) in [5.41, 5.74) is 2.18. The van der Waals surface area contributed by atoms with E-state index in [1.54, 1.807) is 28.8 Å². The quantitative estimate of drug-likeness (QED) is 0.387. The van der Waals surface area contributed by atoms with Crippen molar-refractivity contribution >= 4 is 51.8 Å². The van der Waals surface area contributed by atoms with Gasteiger partial charge in [-0.15, -0.1) is 10.2 Å². The molecule has 0 radical (unpaired) electrons. The molecule has 166 valence electrons. The number of hydrogen-bond acceptors (Lipinski definition) is 6. The molecule has 3 aromatic carbocycles. The molecule has 0 aliphatic rings. The van der Waals surface area contributed by atoms with Crippen LogP contribution in [0.5, 0.6) is 0 Å². The molecule has 6 rings (SSSR count). The predicted octanol–water partition coefficient (Wildman–Crippen LogP) is 4.66. The summed E-state index contributed by atoms with van der Waals surface area (Å²) >= 11 is 12.1. The van der Waals surface area contributed by atoms with E-state index in [1.165, 1.54) is 9.20 Å². The zero-order valence-electron chi connectivity index (χ0n) is 17.3. The first-order valence-corrected chi connectivity index (χ1v) is 11.0. The van der Waals surface area contributed by atoms with Gasteiger partial charge in [-0.3, -0.25) is 4.79 Å². The lowest BCUT2D eigenvalue weighted by Gasteiger charge is -2.10. The molecule has 11 heteroatoms. The first kappa shape index (κ1) is 20.4. The average Bonchev–Trinajstić information content (AvgIpc) is 3.44. The van der Waals surface area contributed by atoms with Crippen LogP contribution in [0.3, 0.4) is 0 Å². The average molecular weight is 489 g/mol. The highest BCUT2D eigenvalue weighted by atomic mass is 35.5. The largest absolute Gasteiger partial charge is 0.324 e. The van der Waals surface area contributed by atoms with E-state index >= 15 is 0 Å². The molecule has 6 aromatic rings. The fraction of sp³-hybridized carbons (Fsp3) is 0. The van der Waals surface area contributed by atoms with E-state index in [1.807, 2.05) is 54.6 Å². The van der Waals surface area contributed by atoms with Crippen molar-refractivity contribution in [3.05, 3.63) is 99.3 Å². The molecule has 0 unspecified atom stereocenters. The molecule has 3 aromatic heterocycles. The molecule has 0 amide bonds. The van der Waals surface area contributed by atoms with E-state index in [4.69, 9.17) is 28.2 Å². The molecule has 0 spiro atoms. The molecule has 34 heavy (non-hydrogen) atoms. The van der Waals surface area contributed by atoms with Crippen molar-refractivity contribution in [1.29, 1.82) is 0 Å². The maximum Gasteiger partial charge on any atom is 0.306 e. The third kappa shape index (κ3) is 3.38. The summed E-state index contributed by atoms with van der Waals surface area (Å²) in [4.78, 5) is 18.1. The van der Waals surface area contributed by atoms with Gasteiger partial charge < -0.3 is 5.32 Å². The topological polar surface area (TPSA) is 94.9 Å². The number of fused-ring (bicyclic) bond motifs is 2. The maximum atomic E-state index is 13.3. The van der Waals surface area contributed by atoms with E-state index in [-0.39, 0.29) is 11.3 Å². The minimum absolute atomic E-state index is 0.111. The van der Waals surface area contributed by atoms with Crippen molar-refractivity contribution in [2.75, 3.05) is 5.32 Å². The maximum absolute atomic E-state index is 13.3. The number of halogens is 2. The Morgan fingerprint density at radius 1 is 0.794 bits per heavy atom. The van der Waals surface area contributed by atoms with E-state index in [0.29, 0.717) is 27.3 Å². The van der Waals surface area contributed by atoms with Gasteiger partial charge >= 0.3 is 5.56 Å². The summed E-state index contributed by atoms with van der Waals surface area (Å²) in [5, 5.41) is 17.2. The van der Waals surface area contributed by atoms with Crippen LogP contribution in [0, 0.1) is 0 Å². The number of para-hydroxylation sites is 1. The van der Waals surface area contributed by atoms with Crippen LogP contribution in [-0.4, -0.2) is 34.2 Å². The minimum Gasteiger partial charge on any atom is -0.324 e. The van der Waals surface area contributed by atoms with Gasteiger partial charge in [0.1, 0.15) is 0 Å². The van der Waals surface area contributed by atoms with Crippen molar-refractivity contribution in [2.45, 2.75) is 0 Å². The molecule has 0 aliphatic heterocycles. The second-order valence-electron chi connectivity index (χ2n) is 7.41. The summed E-state index contributed by atoms with van der Waals surface area (Å²) in [5.74, 6) is 0.664. The van der Waals surface area contributed by atoms with Crippen molar-refractivity contribution < 1.29 is 0 Å². The monoisotopic (exact) mass is 488 g/mol. The molecule has 0 atom stereocenters.